The average molecular weight is 373 g/mol. The summed E-state index contributed by atoms with van der Waals surface area (Å²) in [7, 11) is 1.68. The van der Waals surface area contributed by atoms with Crippen LogP contribution in [-0.2, 0) is 6.42 Å². The molecule has 1 N–H and O–H groups in total. The second-order valence-corrected chi connectivity index (χ2v) is 6.59. The number of H-pyrrole nitrogens is 1. The second-order valence-electron chi connectivity index (χ2n) is 6.59. The van der Waals surface area contributed by atoms with E-state index in [9.17, 15) is 0 Å². The van der Waals surface area contributed by atoms with E-state index in [4.69, 9.17) is 9.47 Å². The van der Waals surface area contributed by atoms with Gasteiger partial charge in [0.1, 0.15) is 6.10 Å². The Bertz CT molecular complexity index is 849. The summed E-state index contributed by atoms with van der Waals surface area (Å²) >= 11 is 0. The Labute approximate surface area is 160 Å². The first-order chi connectivity index (χ1) is 12.3. The number of ether oxygens (including phenoxy) is 2. The first-order valence-electron chi connectivity index (χ1n) is 8.90. The molecule has 1 aromatic heterocycles. The highest BCUT2D eigenvalue weighted by Gasteiger charge is 2.24. The third-order valence-corrected chi connectivity index (χ3v) is 4.96. The summed E-state index contributed by atoms with van der Waals surface area (Å²) in [6.45, 7) is 3.12. The van der Waals surface area contributed by atoms with Crippen molar-refractivity contribution < 1.29 is 9.47 Å². The van der Waals surface area contributed by atoms with Gasteiger partial charge in [0.25, 0.3) is 0 Å². The Morgan fingerprint density at radius 2 is 1.85 bits per heavy atom. The zero-order valence-corrected chi connectivity index (χ0v) is 15.8. The van der Waals surface area contributed by atoms with Crippen molar-refractivity contribution in [3.63, 3.8) is 0 Å². The summed E-state index contributed by atoms with van der Waals surface area (Å²) in [6, 6.07) is 16.4. The number of likely N-dealkylation sites (tertiary alicyclic amines) is 1. The molecule has 0 aliphatic carbocycles. The Balaban J connectivity index is 0.00000196. The maximum Gasteiger partial charge on any atom is 0.161 e. The van der Waals surface area contributed by atoms with Gasteiger partial charge >= 0.3 is 0 Å². The lowest BCUT2D eigenvalue weighted by Crippen LogP contribution is -2.26. The van der Waals surface area contributed by atoms with Crippen molar-refractivity contribution in [2.24, 2.45) is 0 Å². The average Bonchev–Trinajstić information content (AvgIpc) is 3.27. The van der Waals surface area contributed by atoms with Crippen LogP contribution < -0.4 is 9.47 Å². The lowest BCUT2D eigenvalue weighted by Gasteiger charge is -2.18. The fourth-order valence-corrected chi connectivity index (χ4v) is 3.61. The van der Waals surface area contributed by atoms with Gasteiger partial charge in [0.2, 0.25) is 0 Å². The number of rotatable bonds is 6. The van der Waals surface area contributed by atoms with Gasteiger partial charge in [0, 0.05) is 36.7 Å². The van der Waals surface area contributed by atoms with E-state index in [1.54, 1.807) is 7.11 Å². The van der Waals surface area contributed by atoms with Gasteiger partial charge in [-0.1, -0.05) is 30.3 Å². The van der Waals surface area contributed by atoms with E-state index in [1.165, 1.54) is 16.5 Å². The molecule has 0 bridgehead atoms. The van der Waals surface area contributed by atoms with Crippen LogP contribution in [0.4, 0.5) is 0 Å². The number of aromatic nitrogens is 1. The number of halogens is 1. The zero-order valence-electron chi connectivity index (χ0n) is 15.0. The summed E-state index contributed by atoms with van der Waals surface area (Å²) in [5.41, 5.74) is 2.61. The van der Waals surface area contributed by atoms with Crippen molar-refractivity contribution in [3.05, 3.63) is 60.3 Å². The second kappa shape index (κ2) is 8.47. The molecule has 1 aliphatic heterocycles. The largest absolute Gasteiger partial charge is 0.493 e. The molecule has 2 aromatic carbocycles. The van der Waals surface area contributed by atoms with Crippen LogP contribution in [0.25, 0.3) is 10.9 Å². The van der Waals surface area contributed by atoms with E-state index < -0.39 is 0 Å². The van der Waals surface area contributed by atoms with Crippen LogP contribution >= 0.6 is 12.4 Å². The number of benzene rings is 2. The molecule has 0 saturated carbocycles. The topological polar surface area (TPSA) is 37.5 Å². The Kier molecular flexibility index (Phi) is 6.07. The molecular formula is C21H25ClN2O2. The van der Waals surface area contributed by atoms with Crippen molar-refractivity contribution in [2.75, 3.05) is 26.7 Å². The molecular weight excluding hydrogens is 348 g/mol. The highest BCUT2D eigenvalue weighted by Crippen LogP contribution is 2.29. The predicted molar refractivity (Wildman–Crippen MR) is 108 cm³/mol. The maximum absolute atomic E-state index is 6.16. The van der Waals surface area contributed by atoms with Crippen molar-refractivity contribution in [2.45, 2.75) is 18.9 Å². The molecule has 1 atom stereocenters. The van der Waals surface area contributed by atoms with Crippen LogP contribution in [0.3, 0.4) is 0 Å². The number of hydrogen-bond donors (Lipinski definition) is 1. The van der Waals surface area contributed by atoms with Crippen molar-refractivity contribution in [3.8, 4) is 11.5 Å². The highest BCUT2D eigenvalue weighted by atomic mass is 35.5. The molecule has 3 aromatic rings. The van der Waals surface area contributed by atoms with Crippen LogP contribution in [0.2, 0.25) is 0 Å². The van der Waals surface area contributed by atoms with Gasteiger partial charge in [-0.3, -0.25) is 4.90 Å². The minimum Gasteiger partial charge on any atom is -0.493 e. The van der Waals surface area contributed by atoms with E-state index in [0.29, 0.717) is 0 Å². The van der Waals surface area contributed by atoms with Crippen LogP contribution in [-0.4, -0.2) is 42.7 Å². The minimum atomic E-state index is 0. The monoisotopic (exact) mass is 372 g/mol. The van der Waals surface area contributed by atoms with E-state index in [0.717, 1.165) is 44.0 Å². The molecule has 0 spiro atoms. The number of nitrogens with one attached hydrogen (secondary N) is 1. The Morgan fingerprint density at radius 1 is 1.08 bits per heavy atom. The third-order valence-electron chi connectivity index (χ3n) is 4.96. The fraction of sp³-hybridized carbons (Fsp3) is 0.333. The number of aromatic amines is 1. The normalized spacial score (nSPS) is 17.2. The molecule has 1 fully saturated rings. The van der Waals surface area contributed by atoms with Gasteiger partial charge in [0.15, 0.2) is 11.5 Å². The molecule has 1 unspecified atom stereocenters. The number of nitrogens with zero attached hydrogens (tertiary/aromatic N) is 1. The number of fused-ring (bicyclic) bond motifs is 1. The van der Waals surface area contributed by atoms with Gasteiger partial charge in [-0.25, -0.2) is 0 Å². The quantitative estimate of drug-likeness (QED) is 0.701. The lowest BCUT2D eigenvalue weighted by molar-refractivity contribution is 0.193. The van der Waals surface area contributed by atoms with Crippen LogP contribution in [0.1, 0.15) is 12.0 Å². The molecule has 0 amide bonds. The molecule has 138 valence electrons. The van der Waals surface area contributed by atoms with E-state index in [-0.39, 0.29) is 18.5 Å². The molecule has 0 radical (unpaired) electrons. The van der Waals surface area contributed by atoms with Crippen molar-refractivity contribution in [1.29, 1.82) is 0 Å². The molecule has 1 saturated heterocycles. The maximum atomic E-state index is 6.16. The molecule has 4 nitrogen and oxygen atoms in total. The van der Waals surface area contributed by atoms with Gasteiger partial charge in [-0.15, -0.1) is 12.4 Å². The summed E-state index contributed by atoms with van der Waals surface area (Å²) in [4.78, 5) is 5.85. The van der Waals surface area contributed by atoms with Crippen LogP contribution in [0.15, 0.2) is 54.7 Å². The standard InChI is InChI=1S/C21H24N2O2.ClH/c1-24-20-8-4-5-9-21(20)25-17-11-13-23(15-17)12-10-16-14-22-19-7-3-2-6-18(16)19;/h2-9,14,17,22H,10-13,15H2,1H3;1H. The summed E-state index contributed by atoms with van der Waals surface area (Å²) in [6.07, 6.45) is 4.50. The van der Waals surface area contributed by atoms with Gasteiger partial charge in [0.05, 0.1) is 7.11 Å². The number of para-hydroxylation sites is 3. The van der Waals surface area contributed by atoms with Crippen LogP contribution in [0.5, 0.6) is 11.5 Å². The SMILES string of the molecule is COc1ccccc1OC1CCN(CCc2c[nH]c3ccccc23)C1.Cl. The summed E-state index contributed by atoms with van der Waals surface area (Å²) < 4.78 is 11.5. The smallest absolute Gasteiger partial charge is 0.161 e. The first-order valence-corrected chi connectivity index (χ1v) is 8.90. The molecule has 5 heteroatoms. The predicted octanol–water partition coefficient (Wildman–Crippen LogP) is 4.29. The molecule has 2 heterocycles. The van der Waals surface area contributed by atoms with E-state index >= 15 is 0 Å². The molecule has 4 rings (SSSR count). The lowest BCUT2D eigenvalue weighted by atomic mass is 10.1. The Hall–Kier alpha value is -2.17. The zero-order chi connectivity index (χ0) is 17.1. The van der Waals surface area contributed by atoms with Crippen LogP contribution in [0, 0.1) is 0 Å². The summed E-state index contributed by atoms with van der Waals surface area (Å²) in [5.74, 6) is 1.65. The van der Waals surface area contributed by atoms with Gasteiger partial charge in [-0.05, 0) is 36.6 Å². The van der Waals surface area contributed by atoms with Gasteiger partial charge < -0.3 is 14.5 Å². The van der Waals surface area contributed by atoms with E-state index in [1.807, 2.05) is 24.3 Å². The number of methoxy groups -OCH3 is 1. The third kappa shape index (κ3) is 3.97. The number of hydrogen-bond acceptors (Lipinski definition) is 3. The van der Waals surface area contributed by atoms with Crippen molar-refractivity contribution in [1.82, 2.24) is 9.88 Å². The fourth-order valence-electron chi connectivity index (χ4n) is 3.61. The van der Waals surface area contributed by atoms with Crippen molar-refractivity contribution >= 4 is 23.3 Å². The first kappa shape index (κ1) is 18.6. The van der Waals surface area contributed by atoms with Gasteiger partial charge in [-0.2, -0.15) is 0 Å². The summed E-state index contributed by atoms with van der Waals surface area (Å²) in [5, 5.41) is 1.34. The molecule has 1 aliphatic rings. The van der Waals surface area contributed by atoms with E-state index in [2.05, 4.69) is 40.3 Å². The molecule has 26 heavy (non-hydrogen) atoms. The highest BCUT2D eigenvalue weighted by molar-refractivity contribution is 5.85. The minimum absolute atomic E-state index is 0. The Morgan fingerprint density at radius 3 is 2.69 bits per heavy atom.